The third kappa shape index (κ3) is 2.56. The fraction of sp³-hybridized carbons (Fsp3) is 0.357. The Hall–Kier alpha value is -1.37. The van der Waals surface area contributed by atoms with E-state index in [1.807, 2.05) is 39.0 Å². The van der Waals surface area contributed by atoms with Crippen molar-refractivity contribution in [3.63, 3.8) is 0 Å². The highest BCUT2D eigenvalue weighted by molar-refractivity contribution is 6.00. The Bertz CT molecular complexity index is 388. The molecular weight excluding hydrogens is 184 g/mol. The molecule has 0 aliphatic heterocycles. The molecule has 1 aromatic rings. The zero-order valence-corrected chi connectivity index (χ0v) is 9.76. The molecule has 1 rings (SSSR count). The third-order valence-electron chi connectivity index (χ3n) is 2.48. The van der Waals surface area contributed by atoms with Gasteiger partial charge in [0.05, 0.1) is 0 Å². The van der Waals surface area contributed by atoms with Crippen LogP contribution in [-0.4, -0.2) is 5.78 Å². The average molecular weight is 202 g/mol. The summed E-state index contributed by atoms with van der Waals surface area (Å²) in [5, 5.41) is 0. The zero-order valence-electron chi connectivity index (χ0n) is 9.76. The minimum Gasteiger partial charge on any atom is -0.294 e. The maximum Gasteiger partial charge on any atom is 0.163 e. The van der Waals surface area contributed by atoms with Crippen molar-refractivity contribution in [3.8, 4) is 0 Å². The van der Waals surface area contributed by atoms with Gasteiger partial charge in [-0.1, -0.05) is 37.3 Å². The Morgan fingerprint density at radius 1 is 1.40 bits per heavy atom. The lowest BCUT2D eigenvalue weighted by Crippen LogP contribution is -2.03. The molecule has 0 unspecified atom stereocenters. The van der Waals surface area contributed by atoms with Crippen LogP contribution in [0.3, 0.4) is 0 Å². The van der Waals surface area contributed by atoms with E-state index in [0.717, 1.165) is 28.7 Å². The van der Waals surface area contributed by atoms with Crippen molar-refractivity contribution >= 4 is 11.4 Å². The molecule has 1 aromatic carbocycles. The fourth-order valence-electron chi connectivity index (χ4n) is 1.83. The first-order chi connectivity index (χ1) is 7.07. The van der Waals surface area contributed by atoms with E-state index in [1.165, 1.54) is 0 Å². The number of Topliss-reactive ketones (excluding diaryl/α,β-unsaturated/α-hetero) is 1. The standard InChI is InChI=1S/C14H18O/c1-5-7-13(15)12-9-6-8-11(4)14(12)10(2)3/h6,8-9H,2,5,7H2,1,3-4H3. The third-order valence-corrected chi connectivity index (χ3v) is 2.48. The van der Waals surface area contributed by atoms with Crippen LogP contribution in [0.1, 0.15) is 48.2 Å². The number of allylic oxidation sites excluding steroid dienone is 1. The molecule has 0 saturated heterocycles. The van der Waals surface area contributed by atoms with E-state index in [2.05, 4.69) is 6.58 Å². The Kier molecular flexibility index (Phi) is 3.84. The van der Waals surface area contributed by atoms with E-state index in [-0.39, 0.29) is 5.78 Å². The molecule has 0 saturated carbocycles. The van der Waals surface area contributed by atoms with Gasteiger partial charge < -0.3 is 0 Å². The molecule has 0 aromatic heterocycles. The molecule has 0 N–H and O–H groups in total. The zero-order chi connectivity index (χ0) is 11.4. The first-order valence-electron chi connectivity index (χ1n) is 5.36. The second-order valence-corrected chi connectivity index (χ2v) is 3.95. The van der Waals surface area contributed by atoms with Crippen molar-refractivity contribution in [2.24, 2.45) is 0 Å². The Labute approximate surface area is 91.8 Å². The molecule has 0 fully saturated rings. The molecule has 0 aliphatic carbocycles. The van der Waals surface area contributed by atoms with Gasteiger partial charge in [0, 0.05) is 12.0 Å². The number of carbonyl (C=O) groups excluding carboxylic acids is 1. The summed E-state index contributed by atoms with van der Waals surface area (Å²) in [6.45, 7) is 9.93. The van der Waals surface area contributed by atoms with Crippen molar-refractivity contribution in [2.45, 2.75) is 33.6 Å². The van der Waals surface area contributed by atoms with Gasteiger partial charge in [-0.05, 0) is 31.4 Å². The van der Waals surface area contributed by atoms with E-state index in [1.54, 1.807) is 0 Å². The minimum atomic E-state index is 0.221. The highest BCUT2D eigenvalue weighted by atomic mass is 16.1. The summed E-state index contributed by atoms with van der Waals surface area (Å²) in [6.07, 6.45) is 1.51. The van der Waals surface area contributed by atoms with Crippen LogP contribution in [0.15, 0.2) is 24.8 Å². The van der Waals surface area contributed by atoms with Crippen LogP contribution in [0.25, 0.3) is 5.57 Å². The van der Waals surface area contributed by atoms with Gasteiger partial charge in [0.1, 0.15) is 0 Å². The molecule has 1 heteroatoms. The summed E-state index contributed by atoms with van der Waals surface area (Å²) in [5.74, 6) is 0.221. The van der Waals surface area contributed by atoms with Gasteiger partial charge in [0.2, 0.25) is 0 Å². The molecule has 0 atom stereocenters. The molecule has 0 amide bonds. The van der Waals surface area contributed by atoms with Crippen LogP contribution >= 0.6 is 0 Å². The van der Waals surface area contributed by atoms with E-state index in [0.29, 0.717) is 6.42 Å². The molecule has 80 valence electrons. The first kappa shape index (κ1) is 11.7. The van der Waals surface area contributed by atoms with Crippen LogP contribution in [0, 0.1) is 6.92 Å². The second-order valence-electron chi connectivity index (χ2n) is 3.95. The average Bonchev–Trinajstić information content (AvgIpc) is 2.17. The number of carbonyl (C=O) groups is 1. The maximum atomic E-state index is 11.9. The van der Waals surface area contributed by atoms with E-state index >= 15 is 0 Å². The maximum absolute atomic E-state index is 11.9. The molecule has 1 nitrogen and oxygen atoms in total. The molecule has 0 heterocycles. The van der Waals surface area contributed by atoms with Gasteiger partial charge in [0.25, 0.3) is 0 Å². The van der Waals surface area contributed by atoms with E-state index in [4.69, 9.17) is 0 Å². The smallest absolute Gasteiger partial charge is 0.163 e. The Balaban J connectivity index is 3.23. The molecule has 0 aliphatic rings. The lowest BCUT2D eigenvalue weighted by atomic mass is 9.93. The SMILES string of the molecule is C=C(C)c1c(C)cccc1C(=O)CCC. The normalized spacial score (nSPS) is 10.1. The lowest BCUT2D eigenvalue weighted by molar-refractivity contribution is 0.0981. The molecule has 0 radical (unpaired) electrons. The summed E-state index contributed by atoms with van der Waals surface area (Å²) in [5.41, 5.74) is 3.94. The van der Waals surface area contributed by atoms with Gasteiger partial charge in [0.15, 0.2) is 5.78 Å². The largest absolute Gasteiger partial charge is 0.294 e. The van der Waals surface area contributed by atoms with Crippen LogP contribution in [-0.2, 0) is 0 Å². The van der Waals surface area contributed by atoms with Gasteiger partial charge in [-0.15, -0.1) is 0 Å². The minimum absolute atomic E-state index is 0.221. The summed E-state index contributed by atoms with van der Waals surface area (Å²) in [7, 11) is 0. The summed E-state index contributed by atoms with van der Waals surface area (Å²) < 4.78 is 0. The number of rotatable bonds is 4. The Morgan fingerprint density at radius 2 is 2.07 bits per heavy atom. The summed E-state index contributed by atoms with van der Waals surface area (Å²) in [4.78, 5) is 11.9. The topological polar surface area (TPSA) is 17.1 Å². The van der Waals surface area contributed by atoms with Crippen molar-refractivity contribution in [1.29, 1.82) is 0 Å². The second kappa shape index (κ2) is 4.92. The van der Waals surface area contributed by atoms with Crippen LogP contribution in [0.5, 0.6) is 0 Å². The number of ketones is 1. The number of benzene rings is 1. The van der Waals surface area contributed by atoms with Gasteiger partial charge >= 0.3 is 0 Å². The first-order valence-corrected chi connectivity index (χ1v) is 5.36. The Morgan fingerprint density at radius 3 is 2.60 bits per heavy atom. The van der Waals surface area contributed by atoms with Gasteiger partial charge in [-0.2, -0.15) is 0 Å². The van der Waals surface area contributed by atoms with Crippen LogP contribution < -0.4 is 0 Å². The fourth-order valence-corrected chi connectivity index (χ4v) is 1.83. The lowest BCUT2D eigenvalue weighted by Gasteiger charge is -2.11. The van der Waals surface area contributed by atoms with Gasteiger partial charge in [-0.25, -0.2) is 0 Å². The quantitative estimate of drug-likeness (QED) is 0.674. The van der Waals surface area contributed by atoms with Crippen LogP contribution in [0.2, 0.25) is 0 Å². The number of aryl methyl sites for hydroxylation is 1. The monoisotopic (exact) mass is 202 g/mol. The van der Waals surface area contributed by atoms with E-state index in [9.17, 15) is 4.79 Å². The molecule has 15 heavy (non-hydrogen) atoms. The molecular formula is C14H18O. The van der Waals surface area contributed by atoms with Crippen LogP contribution in [0.4, 0.5) is 0 Å². The van der Waals surface area contributed by atoms with Crippen molar-refractivity contribution in [2.75, 3.05) is 0 Å². The molecule has 0 bridgehead atoms. The highest BCUT2D eigenvalue weighted by Crippen LogP contribution is 2.23. The predicted molar refractivity (Wildman–Crippen MR) is 65.1 cm³/mol. The highest BCUT2D eigenvalue weighted by Gasteiger charge is 2.12. The van der Waals surface area contributed by atoms with Crippen molar-refractivity contribution in [1.82, 2.24) is 0 Å². The number of hydrogen-bond donors (Lipinski definition) is 0. The predicted octanol–water partition coefficient (Wildman–Crippen LogP) is 4.01. The molecule has 0 spiro atoms. The van der Waals surface area contributed by atoms with Crippen molar-refractivity contribution < 1.29 is 4.79 Å². The van der Waals surface area contributed by atoms with Gasteiger partial charge in [-0.3, -0.25) is 4.79 Å². The summed E-state index contributed by atoms with van der Waals surface area (Å²) in [6, 6.07) is 5.85. The summed E-state index contributed by atoms with van der Waals surface area (Å²) >= 11 is 0. The number of hydrogen-bond acceptors (Lipinski definition) is 1. The van der Waals surface area contributed by atoms with Crippen molar-refractivity contribution in [3.05, 3.63) is 41.5 Å². The van der Waals surface area contributed by atoms with E-state index < -0.39 is 0 Å².